The first-order valence-corrected chi connectivity index (χ1v) is 12.4. The van der Waals surface area contributed by atoms with Gasteiger partial charge in [-0.3, -0.25) is 0 Å². The highest BCUT2D eigenvalue weighted by Gasteiger charge is 2.49. The molecule has 33 heavy (non-hydrogen) atoms. The van der Waals surface area contributed by atoms with Crippen molar-refractivity contribution >= 4 is 5.97 Å². The van der Waals surface area contributed by atoms with Crippen LogP contribution in [0.5, 0.6) is 5.75 Å². The number of carbonyl (C=O) groups excluding carboxylic acids is 1. The van der Waals surface area contributed by atoms with Gasteiger partial charge in [-0.2, -0.15) is 0 Å². The molecule has 2 aromatic carbocycles. The van der Waals surface area contributed by atoms with Gasteiger partial charge in [-0.05, 0) is 118 Å². The van der Waals surface area contributed by atoms with Gasteiger partial charge in [0.1, 0.15) is 5.75 Å². The number of fused-ring (bicyclic) bond motifs is 1. The molecular weight excluding hydrogens is 412 g/mol. The minimum Gasteiger partial charge on any atom is -0.493 e. The fourth-order valence-corrected chi connectivity index (χ4v) is 5.53. The second-order valence-electron chi connectivity index (χ2n) is 11.0. The van der Waals surface area contributed by atoms with Gasteiger partial charge >= 0.3 is 5.97 Å². The van der Waals surface area contributed by atoms with Crippen molar-refractivity contribution < 1.29 is 19.0 Å². The van der Waals surface area contributed by atoms with E-state index in [1.165, 1.54) is 37.5 Å². The molecule has 0 amide bonds. The highest BCUT2D eigenvalue weighted by molar-refractivity contribution is 5.84. The van der Waals surface area contributed by atoms with Gasteiger partial charge in [0.25, 0.3) is 0 Å². The van der Waals surface area contributed by atoms with Gasteiger partial charge in [-0.15, -0.1) is 0 Å². The molecule has 5 rings (SSSR count). The van der Waals surface area contributed by atoms with E-state index < -0.39 is 11.7 Å². The standard InChI is InChI=1S/C29H36O4/c1-17-8-12-21(23-16-22(23)18-9-10-18)26(20-11-13-24-19(15-20)7-6-14-32-24)25(17)27(28(30)31-5)33-29(2,3)4/h8,11-13,15,18,22-23,27H,6-7,9-10,14,16H2,1-5H3/t22-,23?,27?/m0/s1. The molecule has 2 fully saturated rings. The largest absolute Gasteiger partial charge is 0.493 e. The van der Waals surface area contributed by atoms with Crippen LogP contribution in [0.2, 0.25) is 0 Å². The van der Waals surface area contributed by atoms with Crippen molar-refractivity contribution in [3.63, 3.8) is 0 Å². The highest BCUT2D eigenvalue weighted by atomic mass is 16.6. The summed E-state index contributed by atoms with van der Waals surface area (Å²) in [6, 6.07) is 11.0. The van der Waals surface area contributed by atoms with Crippen LogP contribution in [-0.4, -0.2) is 25.3 Å². The molecule has 2 unspecified atom stereocenters. The molecule has 4 heteroatoms. The summed E-state index contributed by atoms with van der Waals surface area (Å²) in [5, 5.41) is 0. The number of esters is 1. The predicted octanol–water partition coefficient (Wildman–Crippen LogP) is 6.53. The summed E-state index contributed by atoms with van der Waals surface area (Å²) in [4.78, 5) is 13.1. The Hall–Kier alpha value is -2.33. The van der Waals surface area contributed by atoms with E-state index >= 15 is 0 Å². The lowest BCUT2D eigenvalue weighted by Gasteiger charge is -2.30. The quantitative estimate of drug-likeness (QED) is 0.471. The molecule has 3 aliphatic rings. The van der Waals surface area contributed by atoms with Gasteiger partial charge in [0.05, 0.1) is 19.3 Å². The Labute approximate surface area is 197 Å². The molecule has 0 N–H and O–H groups in total. The summed E-state index contributed by atoms with van der Waals surface area (Å²) < 4.78 is 17.5. The first-order chi connectivity index (χ1) is 15.8. The van der Waals surface area contributed by atoms with Crippen LogP contribution in [-0.2, 0) is 20.7 Å². The maximum Gasteiger partial charge on any atom is 0.339 e. The van der Waals surface area contributed by atoms with Crippen molar-refractivity contribution in [3.05, 3.63) is 52.6 Å². The molecule has 1 aliphatic heterocycles. The Morgan fingerprint density at radius 3 is 2.64 bits per heavy atom. The van der Waals surface area contributed by atoms with E-state index in [1.807, 2.05) is 20.8 Å². The zero-order valence-corrected chi connectivity index (χ0v) is 20.6. The molecule has 0 spiro atoms. The minimum atomic E-state index is -0.768. The molecule has 0 saturated heterocycles. The lowest BCUT2D eigenvalue weighted by Crippen LogP contribution is -2.29. The van der Waals surface area contributed by atoms with E-state index in [9.17, 15) is 4.79 Å². The average Bonchev–Trinajstić information content (AvgIpc) is 3.68. The van der Waals surface area contributed by atoms with Crippen LogP contribution in [0.1, 0.15) is 80.7 Å². The summed E-state index contributed by atoms with van der Waals surface area (Å²) in [7, 11) is 1.44. The summed E-state index contributed by atoms with van der Waals surface area (Å²) in [6.07, 6.45) is 5.26. The van der Waals surface area contributed by atoms with E-state index in [1.54, 1.807) is 0 Å². The second kappa shape index (κ2) is 8.47. The summed E-state index contributed by atoms with van der Waals surface area (Å²) >= 11 is 0. The maximum atomic E-state index is 13.1. The fraction of sp³-hybridized carbons (Fsp3) is 0.552. The Morgan fingerprint density at radius 1 is 1.15 bits per heavy atom. The van der Waals surface area contributed by atoms with Crippen molar-refractivity contribution in [1.29, 1.82) is 0 Å². The number of methoxy groups -OCH3 is 1. The van der Waals surface area contributed by atoms with Crippen LogP contribution in [0, 0.1) is 18.8 Å². The van der Waals surface area contributed by atoms with Crippen molar-refractivity contribution in [2.75, 3.05) is 13.7 Å². The lowest BCUT2D eigenvalue weighted by atomic mass is 9.85. The third-order valence-electron chi connectivity index (χ3n) is 7.31. The second-order valence-corrected chi connectivity index (χ2v) is 11.0. The summed E-state index contributed by atoms with van der Waals surface area (Å²) in [5.74, 6) is 2.86. The molecule has 0 aromatic heterocycles. The molecule has 1 heterocycles. The maximum absolute atomic E-state index is 13.1. The molecule has 4 nitrogen and oxygen atoms in total. The van der Waals surface area contributed by atoms with Crippen molar-refractivity contribution in [3.8, 4) is 16.9 Å². The molecule has 3 atom stereocenters. The zero-order valence-electron chi connectivity index (χ0n) is 20.6. The van der Waals surface area contributed by atoms with Crippen molar-refractivity contribution in [1.82, 2.24) is 0 Å². The van der Waals surface area contributed by atoms with E-state index in [2.05, 4.69) is 37.3 Å². The van der Waals surface area contributed by atoms with E-state index in [0.717, 1.165) is 59.3 Å². The molecule has 2 aliphatic carbocycles. The van der Waals surface area contributed by atoms with Crippen molar-refractivity contribution in [2.45, 2.75) is 77.4 Å². The average molecular weight is 449 g/mol. The SMILES string of the molecule is COC(=O)C(OC(C)(C)C)c1c(C)ccc(C2C[C@H]2C2CC2)c1-c1ccc2c(c1)CCCO2. The zero-order chi connectivity index (χ0) is 23.3. The van der Waals surface area contributed by atoms with Gasteiger partial charge in [0.2, 0.25) is 0 Å². The van der Waals surface area contributed by atoms with Crippen LogP contribution in [0.15, 0.2) is 30.3 Å². The minimum absolute atomic E-state index is 0.345. The molecular formula is C29H36O4. The monoisotopic (exact) mass is 448 g/mol. The lowest BCUT2D eigenvalue weighted by molar-refractivity contribution is -0.164. The van der Waals surface area contributed by atoms with E-state index in [4.69, 9.17) is 14.2 Å². The van der Waals surface area contributed by atoms with Crippen LogP contribution < -0.4 is 4.74 Å². The molecule has 0 radical (unpaired) electrons. The predicted molar refractivity (Wildman–Crippen MR) is 130 cm³/mol. The molecule has 2 aromatic rings. The fourth-order valence-electron chi connectivity index (χ4n) is 5.53. The molecule has 0 bridgehead atoms. The Bertz CT molecular complexity index is 1060. The topological polar surface area (TPSA) is 44.8 Å². The van der Waals surface area contributed by atoms with Crippen LogP contribution in [0.4, 0.5) is 0 Å². The number of rotatable bonds is 6. The Morgan fingerprint density at radius 2 is 1.94 bits per heavy atom. The van der Waals surface area contributed by atoms with E-state index in [0.29, 0.717) is 5.92 Å². The van der Waals surface area contributed by atoms with Crippen LogP contribution >= 0.6 is 0 Å². The first-order valence-electron chi connectivity index (χ1n) is 12.4. The van der Waals surface area contributed by atoms with E-state index in [-0.39, 0.29) is 5.97 Å². The number of aryl methyl sites for hydroxylation is 2. The van der Waals surface area contributed by atoms with Gasteiger partial charge in [0.15, 0.2) is 6.10 Å². The smallest absolute Gasteiger partial charge is 0.339 e. The van der Waals surface area contributed by atoms with Gasteiger partial charge in [0, 0.05) is 5.56 Å². The van der Waals surface area contributed by atoms with Crippen LogP contribution in [0.3, 0.4) is 0 Å². The first kappa shape index (κ1) is 22.5. The molecule has 176 valence electrons. The molecule has 2 saturated carbocycles. The Balaban J connectivity index is 1.68. The number of ether oxygens (including phenoxy) is 3. The normalized spacial score (nSPS) is 22.8. The summed E-state index contributed by atoms with van der Waals surface area (Å²) in [6.45, 7) is 8.83. The van der Waals surface area contributed by atoms with Gasteiger partial charge in [-0.25, -0.2) is 4.79 Å². The number of benzene rings is 2. The Kier molecular flexibility index (Phi) is 5.76. The third kappa shape index (κ3) is 4.55. The van der Waals surface area contributed by atoms with Crippen LogP contribution in [0.25, 0.3) is 11.1 Å². The highest BCUT2D eigenvalue weighted by Crippen LogP contribution is 2.61. The number of carbonyl (C=O) groups is 1. The van der Waals surface area contributed by atoms with Gasteiger partial charge < -0.3 is 14.2 Å². The van der Waals surface area contributed by atoms with Crippen molar-refractivity contribution in [2.24, 2.45) is 11.8 Å². The van der Waals surface area contributed by atoms with Gasteiger partial charge in [-0.1, -0.05) is 18.2 Å². The summed E-state index contributed by atoms with van der Waals surface area (Å²) in [5.41, 5.74) is 6.45. The third-order valence-corrected chi connectivity index (χ3v) is 7.31. The number of hydrogen-bond donors (Lipinski definition) is 0. The number of hydrogen-bond acceptors (Lipinski definition) is 4.